The van der Waals surface area contributed by atoms with E-state index in [4.69, 9.17) is 15.2 Å². The fourth-order valence-corrected chi connectivity index (χ4v) is 1.87. The molecular weight excluding hydrogens is 222 g/mol. The van der Waals surface area contributed by atoms with Crippen LogP contribution >= 0.6 is 0 Å². The van der Waals surface area contributed by atoms with Gasteiger partial charge in [-0.3, -0.25) is 4.79 Å². The molecular formula is C11H15N3O3. The number of ether oxygens (including phenoxy) is 2. The number of carbonyl (C=O) groups excluding carboxylic acids is 1. The van der Waals surface area contributed by atoms with Crippen LogP contribution in [0.1, 0.15) is 23.3 Å². The van der Waals surface area contributed by atoms with E-state index in [1.54, 1.807) is 0 Å². The first-order chi connectivity index (χ1) is 8.26. The first kappa shape index (κ1) is 11.9. The van der Waals surface area contributed by atoms with Crippen LogP contribution in [0, 0.1) is 0 Å². The lowest BCUT2D eigenvalue weighted by molar-refractivity contribution is 0.0397. The molecule has 0 aromatic carbocycles. The summed E-state index contributed by atoms with van der Waals surface area (Å²) in [6.07, 6.45) is 3.90. The van der Waals surface area contributed by atoms with Crippen LogP contribution in [0.5, 0.6) is 5.88 Å². The van der Waals surface area contributed by atoms with E-state index in [1.165, 1.54) is 19.5 Å². The summed E-state index contributed by atoms with van der Waals surface area (Å²) in [4.78, 5) is 20.1. The molecule has 1 aliphatic heterocycles. The van der Waals surface area contributed by atoms with Gasteiger partial charge in [-0.2, -0.15) is 0 Å². The average Bonchev–Trinajstić information content (AvgIpc) is 2.86. The van der Waals surface area contributed by atoms with Gasteiger partial charge in [-0.05, 0) is 12.8 Å². The highest BCUT2D eigenvalue weighted by Crippen LogP contribution is 2.24. The van der Waals surface area contributed by atoms with Crippen LogP contribution in [-0.2, 0) is 4.74 Å². The van der Waals surface area contributed by atoms with Crippen molar-refractivity contribution in [3.05, 3.63) is 18.1 Å². The van der Waals surface area contributed by atoms with Crippen molar-refractivity contribution in [1.82, 2.24) is 9.97 Å². The monoisotopic (exact) mass is 237 g/mol. The molecule has 92 valence electrons. The Bertz CT molecular complexity index is 411. The van der Waals surface area contributed by atoms with Crippen LogP contribution in [0.2, 0.25) is 0 Å². The lowest BCUT2D eigenvalue weighted by Crippen LogP contribution is -2.26. The number of methoxy groups -OCH3 is 1. The van der Waals surface area contributed by atoms with E-state index in [9.17, 15) is 4.79 Å². The minimum absolute atomic E-state index is 0.0355. The Labute approximate surface area is 99.1 Å². The maximum Gasteiger partial charge on any atom is 0.243 e. The number of ketones is 1. The Morgan fingerprint density at radius 3 is 2.94 bits per heavy atom. The van der Waals surface area contributed by atoms with Crippen molar-refractivity contribution < 1.29 is 14.3 Å². The highest BCUT2D eigenvalue weighted by atomic mass is 16.5. The molecule has 1 saturated heterocycles. The summed E-state index contributed by atoms with van der Waals surface area (Å²) < 4.78 is 10.5. The summed E-state index contributed by atoms with van der Waals surface area (Å²) in [5.41, 5.74) is 5.72. The number of Topliss-reactive ketones (excluding diaryl/α,β-unsaturated/α-hetero) is 1. The largest absolute Gasteiger partial charge is 0.479 e. The van der Waals surface area contributed by atoms with Gasteiger partial charge in [-0.1, -0.05) is 0 Å². The quantitative estimate of drug-likeness (QED) is 0.751. The molecule has 2 heterocycles. The summed E-state index contributed by atoms with van der Waals surface area (Å²) in [6, 6.07) is 0. The Hall–Kier alpha value is -1.53. The van der Waals surface area contributed by atoms with E-state index in [0.717, 1.165) is 6.42 Å². The van der Waals surface area contributed by atoms with Gasteiger partial charge in [0.15, 0.2) is 5.69 Å². The van der Waals surface area contributed by atoms with Gasteiger partial charge in [-0.15, -0.1) is 0 Å². The first-order valence-electron chi connectivity index (χ1n) is 5.51. The van der Waals surface area contributed by atoms with Crippen LogP contribution < -0.4 is 10.5 Å². The summed E-state index contributed by atoms with van der Waals surface area (Å²) >= 11 is 0. The summed E-state index contributed by atoms with van der Waals surface area (Å²) in [5.74, 6) is 0.0446. The third kappa shape index (κ3) is 2.42. The van der Waals surface area contributed by atoms with Crippen molar-refractivity contribution in [2.45, 2.75) is 25.0 Å². The highest BCUT2D eigenvalue weighted by Gasteiger charge is 2.32. The number of nitrogens with zero attached hydrogens (tertiary/aromatic N) is 2. The van der Waals surface area contributed by atoms with Crippen molar-refractivity contribution >= 4 is 5.78 Å². The van der Waals surface area contributed by atoms with Gasteiger partial charge >= 0.3 is 0 Å². The van der Waals surface area contributed by atoms with E-state index < -0.39 is 6.10 Å². The number of rotatable bonds is 4. The molecule has 0 saturated carbocycles. The third-order valence-corrected chi connectivity index (χ3v) is 2.75. The molecule has 0 spiro atoms. The lowest BCUT2D eigenvalue weighted by Gasteiger charge is -2.11. The van der Waals surface area contributed by atoms with E-state index >= 15 is 0 Å². The molecule has 1 aliphatic rings. The van der Waals surface area contributed by atoms with E-state index in [0.29, 0.717) is 13.0 Å². The van der Waals surface area contributed by atoms with Crippen LogP contribution in [-0.4, -0.2) is 41.6 Å². The van der Waals surface area contributed by atoms with Gasteiger partial charge < -0.3 is 15.2 Å². The van der Waals surface area contributed by atoms with Gasteiger partial charge in [-0.25, -0.2) is 9.97 Å². The molecule has 0 amide bonds. The molecule has 17 heavy (non-hydrogen) atoms. The zero-order valence-electron chi connectivity index (χ0n) is 9.63. The van der Waals surface area contributed by atoms with Gasteiger partial charge in [0.1, 0.15) is 6.10 Å². The first-order valence-corrected chi connectivity index (χ1v) is 5.51. The van der Waals surface area contributed by atoms with E-state index in [1.807, 2.05) is 0 Å². The number of hydrogen-bond donors (Lipinski definition) is 1. The topological polar surface area (TPSA) is 87.3 Å². The van der Waals surface area contributed by atoms with Gasteiger partial charge in [0.05, 0.1) is 13.2 Å². The predicted molar refractivity (Wildman–Crippen MR) is 59.9 cm³/mol. The molecule has 6 nitrogen and oxygen atoms in total. The van der Waals surface area contributed by atoms with Crippen molar-refractivity contribution in [3.63, 3.8) is 0 Å². The lowest BCUT2D eigenvalue weighted by atomic mass is 10.1. The normalized spacial score (nSPS) is 23.6. The van der Waals surface area contributed by atoms with Crippen molar-refractivity contribution in [2.75, 3.05) is 13.7 Å². The molecule has 2 atom stereocenters. The van der Waals surface area contributed by atoms with E-state index in [-0.39, 0.29) is 23.5 Å². The fraction of sp³-hybridized carbons (Fsp3) is 0.545. The maximum absolute atomic E-state index is 12.1. The summed E-state index contributed by atoms with van der Waals surface area (Å²) in [5, 5.41) is 0. The summed E-state index contributed by atoms with van der Waals surface area (Å²) in [6.45, 7) is 0.432. The molecule has 1 fully saturated rings. The van der Waals surface area contributed by atoms with Gasteiger partial charge in [0.25, 0.3) is 0 Å². The molecule has 0 radical (unpaired) electrons. The molecule has 2 rings (SSSR count). The second-order valence-corrected chi connectivity index (χ2v) is 3.84. The molecule has 0 bridgehead atoms. The average molecular weight is 237 g/mol. The minimum Gasteiger partial charge on any atom is -0.479 e. The maximum atomic E-state index is 12.1. The smallest absolute Gasteiger partial charge is 0.243 e. The predicted octanol–water partition coefficient (Wildman–Crippen LogP) is 0.174. The highest BCUT2D eigenvalue weighted by molar-refractivity contribution is 5.99. The van der Waals surface area contributed by atoms with Crippen LogP contribution in [0.15, 0.2) is 12.4 Å². The number of nitrogens with two attached hydrogens (primary N) is 1. The number of aromatic nitrogens is 2. The minimum atomic E-state index is -0.478. The molecule has 1 aromatic rings. The summed E-state index contributed by atoms with van der Waals surface area (Å²) in [7, 11) is 1.46. The number of hydrogen-bond acceptors (Lipinski definition) is 6. The second kappa shape index (κ2) is 5.20. The third-order valence-electron chi connectivity index (χ3n) is 2.75. The van der Waals surface area contributed by atoms with Crippen LogP contribution in [0.4, 0.5) is 0 Å². The molecule has 0 aliphatic carbocycles. The van der Waals surface area contributed by atoms with Crippen molar-refractivity contribution in [2.24, 2.45) is 5.73 Å². The molecule has 6 heteroatoms. The Kier molecular flexibility index (Phi) is 3.65. The second-order valence-electron chi connectivity index (χ2n) is 3.84. The Morgan fingerprint density at radius 2 is 2.29 bits per heavy atom. The SMILES string of the molecule is COc1nccnc1C(=O)C1CCC(CN)O1. The van der Waals surface area contributed by atoms with Crippen molar-refractivity contribution in [1.29, 1.82) is 0 Å². The Morgan fingerprint density at radius 1 is 1.53 bits per heavy atom. The molecule has 2 unspecified atom stereocenters. The van der Waals surface area contributed by atoms with Crippen LogP contribution in [0.25, 0.3) is 0 Å². The zero-order valence-corrected chi connectivity index (χ0v) is 9.63. The molecule has 2 N–H and O–H groups in total. The van der Waals surface area contributed by atoms with Gasteiger partial charge in [0, 0.05) is 18.9 Å². The van der Waals surface area contributed by atoms with E-state index in [2.05, 4.69) is 9.97 Å². The molecule has 1 aromatic heterocycles. The number of carbonyl (C=O) groups is 1. The fourth-order valence-electron chi connectivity index (χ4n) is 1.87. The Balaban J connectivity index is 2.15. The zero-order chi connectivity index (χ0) is 12.3. The van der Waals surface area contributed by atoms with Crippen LogP contribution in [0.3, 0.4) is 0 Å². The standard InChI is InChI=1S/C11H15N3O3/c1-16-11-9(13-4-5-14-11)10(15)8-3-2-7(6-12)17-8/h4-5,7-8H,2-3,6,12H2,1H3. The van der Waals surface area contributed by atoms with Crippen molar-refractivity contribution in [3.8, 4) is 5.88 Å². The van der Waals surface area contributed by atoms with Gasteiger partial charge in [0.2, 0.25) is 11.7 Å².